The second kappa shape index (κ2) is 7.94. The molecule has 4 rings (SSSR count). The van der Waals surface area contributed by atoms with Gasteiger partial charge < -0.3 is 5.32 Å². The standard InChI is InChI=1S/C24H20ClN3O/c1-16-13-14-19(25)15-21(16)26-24(29)22-17(2)28(20-11-7-4-8-12-20)27-23(22)18-9-5-3-6-10-18/h3-15H,1-2H3,(H,26,29). The maximum atomic E-state index is 13.3. The summed E-state index contributed by atoms with van der Waals surface area (Å²) >= 11 is 6.12. The summed E-state index contributed by atoms with van der Waals surface area (Å²) in [7, 11) is 0. The Morgan fingerprint density at radius 1 is 0.931 bits per heavy atom. The fraction of sp³-hybridized carbons (Fsp3) is 0.0833. The zero-order valence-corrected chi connectivity index (χ0v) is 16.9. The van der Waals surface area contributed by atoms with Gasteiger partial charge in [0.15, 0.2) is 0 Å². The van der Waals surface area contributed by atoms with E-state index in [1.54, 1.807) is 12.1 Å². The molecule has 0 fully saturated rings. The van der Waals surface area contributed by atoms with E-state index in [0.29, 0.717) is 22.0 Å². The van der Waals surface area contributed by atoms with Gasteiger partial charge in [-0.15, -0.1) is 0 Å². The maximum absolute atomic E-state index is 13.3. The van der Waals surface area contributed by atoms with Crippen LogP contribution in [-0.2, 0) is 0 Å². The van der Waals surface area contributed by atoms with Gasteiger partial charge >= 0.3 is 0 Å². The smallest absolute Gasteiger partial charge is 0.259 e. The van der Waals surface area contributed by atoms with Crippen LogP contribution in [0.4, 0.5) is 5.69 Å². The number of anilines is 1. The Morgan fingerprint density at radius 2 is 1.59 bits per heavy atom. The Morgan fingerprint density at radius 3 is 2.28 bits per heavy atom. The topological polar surface area (TPSA) is 46.9 Å². The zero-order chi connectivity index (χ0) is 20.4. The molecule has 0 radical (unpaired) electrons. The molecule has 1 heterocycles. The normalized spacial score (nSPS) is 10.7. The van der Waals surface area contributed by atoms with Crippen LogP contribution in [0.3, 0.4) is 0 Å². The van der Waals surface area contributed by atoms with Crippen LogP contribution in [0.25, 0.3) is 16.9 Å². The molecule has 3 aromatic carbocycles. The van der Waals surface area contributed by atoms with Crippen molar-refractivity contribution in [2.24, 2.45) is 0 Å². The Hall–Kier alpha value is -3.37. The van der Waals surface area contributed by atoms with Crippen molar-refractivity contribution >= 4 is 23.2 Å². The molecule has 0 aliphatic heterocycles. The van der Waals surface area contributed by atoms with E-state index < -0.39 is 0 Å². The zero-order valence-electron chi connectivity index (χ0n) is 16.2. The molecule has 29 heavy (non-hydrogen) atoms. The first-order valence-corrected chi connectivity index (χ1v) is 9.70. The van der Waals surface area contributed by atoms with Crippen LogP contribution in [0.5, 0.6) is 0 Å². The third kappa shape index (κ3) is 3.80. The number of nitrogens with one attached hydrogen (secondary N) is 1. The molecule has 0 saturated heterocycles. The highest BCUT2D eigenvalue weighted by atomic mass is 35.5. The van der Waals surface area contributed by atoms with Gasteiger partial charge in [-0.25, -0.2) is 4.68 Å². The van der Waals surface area contributed by atoms with Crippen molar-refractivity contribution in [3.8, 4) is 16.9 Å². The van der Waals surface area contributed by atoms with E-state index in [1.165, 1.54) is 0 Å². The fourth-order valence-corrected chi connectivity index (χ4v) is 3.48. The predicted octanol–water partition coefficient (Wildman–Crippen LogP) is 6.06. The number of aromatic nitrogens is 2. The van der Waals surface area contributed by atoms with Crippen molar-refractivity contribution < 1.29 is 4.79 Å². The lowest BCUT2D eigenvalue weighted by atomic mass is 10.0. The molecule has 1 N–H and O–H groups in total. The number of benzene rings is 3. The summed E-state index contributed by atoms with van der Waals surface area (Å²) in [6, 6.07) is 25.0. The number of carbonyl (C=O) groups excluding carboxylic acids is 1. The van der Waals surface area contributed by atoms with Crippen molar-refractivity contribution in [2.75, 3.05) is 5.32 Å². The summed E-state index contributed by atoms with van der Waals surface area (Å²) in [5.74, 6) is -0.214. The number of para-hydroxylation sites is 1. The first kappa shape index (κ1) is 19.0. The molecule has 4 aromatic rings. The molecule has 1 aromatic heterocycles. The Bertz CT molecular complexity index is 1170. The Kier molecular flexibility index (Phi) is 5.19. The number of aryl methyl sites for hydroxylation is 1. The minimum absolute atomic E-state index is 0.214. The van der Waals surface area contributed by atoms with Crippen LogP contribution in [0.15, 0.2) is 78.9 Å². The second-order valence-electron chi connectivity index (χ2n) is 6.84. The lowest BCUT2D eigenvalue weighted by Crippen LogP contribution is -2.15. The number of halogens is 1. The third-order valence-corrected chi connectivity index (χ3v) is 5.07. The summed E-state index contributed by atoms with van der Waals surface area (Å²) < 4.78 is 1.81. The number of carbonyl (C=O) groups is 1. The van der Waals surface area contributed by atoms with Gasteiger partial charge in [-0.1, -0.05) is 66.2 Å². The maximum Gasteiger partial charge on any atom is 0.259 e. The molecule has 0 aliphatic rings. The molecular weight excluding hydrogens is 382 g/mol. The number of hydrogen-bond donors (Lipinski definition) is 1. The summed E-state index contributed by atoms with van der Waals surface area (Å²) in [4.78, 5) is 13.3. The molecule has 0 aliphatic carbocycles. The monoisotopic (exact) mass is 401 g/mol. The van der Waals surface area contributed by atoms with E-state index in [1.807, 2.05) is 85.3 Å². The van der Waals surface area contributed by atoms with E-state index in [-0.39, 0.29) is 5.91 Å². The molecule has 0 saturated carbocycles. The van der Waals surface area contributed by atoms with Crippen LogP contribution in [0, 0.1) is 13.8 Å². The van der Waals surface area contributed by atoms with Crippen molar-refractivity contribution in [1.82, 2.24) is 9.78 Å². The van der Waals surface area contributed by atoms with Crippen molar-refractivity contribution in [3.05, 3.63) is 101 Å². The Labute approximate surface area is 174 Å². The molecule has 0 atom stereocenters. The Balaban J connectivity index is 1.84. The lowest BCUT2D eigenvalue weighted by molar-refractivity contribution is 0.102. The van der Waals surface area contributed by atoms with Gasteiger partial charge in [0.05, 0.1) is 16.9 Å². The molecule has 144 valence electrons. The van der Waals surface area contributed by atoms with E-state index in [9.17, 15) is 4.79 Å². The molecular formula is C24H20ClN3O. The van der Waals surface area contributed by atoms with Gasteiger partial charge in [0, 0.05) is 16.3 Å². The van der Waals surface area contributed by atoms with Crippen LogP contribution in [0.2, 0.25) is 5.02 Å². The highest BCUT2D eigenvalue weighted by Crippen LogP contribution is 2.29. The molecule has 0 unspecified atom stereocenters. The molecule has 0 bridgehead atoms. The third-order valence-electron chi connectivity index (χ3n) is 4.84. The largest absolute Gasteiger partial charge is 0.322 e. The van der Waals surface area contributed by atoms with Gasteiger partial charge in [-0.2, -0.15) is 5.10 Å². The van der Waals surface area contributed by atoms with E-state index in [0.717, 1.165) is 22.5 Å². The first-order valence-electron chi connectivity index (χ1n) is 9.32. The summed E-state index contributed by atoms with van der Waals surface area (Å²) in [6.45, 7) is 3.84. The molecule has 0 spiro atoms. The molecule has 5 heteroatoms. The number of nitrogens with zero attached hydrogens (tertiary/aromatic N) is 2. The van der Waals surface area contributed by atoms with Crippen LogP contribution in [-0.4, -0.2) is 15.7 Å². The SMILES string of the molecule is Cc1ccc(Cl)cc1NC(=O)c1c(-c2ccccc2)nn(-c2ccccc2)c1C. The lowest BCUT2D eigenvalue weighted by Gasteiger charge is -2.10. The first-order chi connectivity index (χ1) is 14.0. The van der Waals surface area contributed by atoms with Gasteiger partial charge in [-0.3, -0.25) is 4.79 Å². The number of hydrogen-bond acceptors (Lipinski definition) is 2. The van der Waals surface area contributed by atoms with E-state index in [4.69, 9.17) is 16.7 Å². The van der Waals surface area contributed by atoms with Crippen LogP contribution in [0.1, 0.15) is 21.6 Å². The predicted molar refractivity (Wildman–Crippen MR) is 118 cm³/mol. The van der Waals surface area contributed by atoms with Gasteiger partial charge in [0.1, 0.15) is 5.69 Å². The minimum atomic E-state index is -0.214. The highest BCUT2D eigenvalue weighted by molar-refractivity contribution is 6.31. The fourth-order valence-electron chi connectivity index (χ4n) is 3.31. The minimum Gasteiger partial charge on any atom is -0.322 e. The molecule has 4 nitrogen and oxygen atoms in total. The second-order valence-corrected chi connectivity index (χ2v) is 7.27. The summed E-state index contributed by atoms with van der Waals surface area (Å²) in [6.07, 6.45) is 0. The summed E-state index contributed by atoms with van der Waals surface area (Å²) in [5.41, 5.74) is 5.37. The van der Waals surface area contributed by atoms with Crippen molar-refractivity contribution in [2.45, 2.75) is 13.8 Å². The summed E-state index contributed by atoms with van der Waals surface area (Å²) in [5, 5.41) is 8.36. The van der Waals surface area contributed by atoms with E-state index in [2.05, 4.69) is 5.32 Å². The van der Waals surface area contributed by atoms with Crippen LogP contribution < -0.4 is 5.32 Å². The quantitative estimate of drug-likeness (QED) is 0.451. The van der Waals surface area contributed by atoms with E-state index >= 15 is 0 Å². The average Bonchev–Trinajstić information content (AvgIpc) is 3.09. The van der Waals surface area contributed by atoms with Crippen LogP contribution >= 0.6 is 11.6 Å². The molecule has 1 amide bonds. The van der Waals surface area contributed by atoms with Gasteiger partial charge in [0.25, 0.3) is 5.91 Å². The van der Waals surface area contributed by atoms with Gasteiger partial charge in [0.2, 0.25) is 0 Å². The van der Waals surface area contributed by atoms with Crippen molar-refractivity contribution in [3.63, 3.8) is 0 Å². The van der Waals surface area contributed by atoms with Crippen molar-refractivity contribution in [1.29, 1.82) is 0 Å². The number of amides is 1. The van der Waals surface area contributed by atoms with Gasteiger partial charge in [-0.05, 0) is 43.7 Å². The number of rotatable bonds is 4. The average molecular weight is 402 g/mol. The highest BCUT2D eigenvalue weighted by Gasteiger charge is 2.23.